The van der Waals surface area contributed by atoms with E-state index in [1.54, 1.807) is 6.33 Å². The van der Waals surface area contributed by atoms with Crippen molar-refractivity contribution in [3.63, 3.8) is 0 Å². The van der Waals surface area contributed by atoms with Crippen LogP contribution in [0.2, 0.25) is 0 Å². The van der Waals surface area contributed by atoms with Gasteiger partial charge < -0.3 is 10.8 Å². The fraction of sp³-hybridized carbons (Fsp3) is 0.647. The second-order valence-corrected chi connectivity index (χ2v) is 6.52. The lowest BCUT2D eigenvalue weighted by Crippen LogP contribution is -2.25. The van der Waals surface area contributed by atoms with E-state index >= 15 is 0 Å². The van der Waals surface area contributed by atoms with Crippen molar-refractivity contribution in [1.82, 2.24) is 14.9 Å². The first-order valence-corrected chi connectivity index (χ1v) is 8.33. The zero-order valence-electron chi connectivity index (χ0n) is 13.5. The summed E-state index contributed by atoms with van der Waals surface area (Å²) < 4.78 is 0. The molecule has 2 heterocycles. The van der Waals surface area contributed by atoms with Gasteiger partial charge in [0, 0.05) is 31.1 Å². The Labute approximate surface area is 132 Å². The Bertz CT molecular complexity index is 568. The van der Waals surface area contributed by atoms with Gasteiger partial charge in [-0.05, 0) is 17.9 Å². The first-order chi connectivity index (χ1) is 10.6. The van der Waals surface area contributed by atoms with E-state index in [4.69, 9.17) is 5.73 Å². The quantitative estimate of drug-likeness (QED) is 0.866. The molecular formula is C17H26N4O. The Balaban J connectivity index is 1.68. The molecule has 1 aromatic heterocycles. The lowest BCUT2D eigenvalue weighted by atomic mass is 9.86. The molecule has 2 aliphatic rings. The largest absolute Gasteiger partial charge is 0.391 e. The van der Waals surface area contributed by atoms with E-state index in [0.29, 0.717) is 17.7 Å². The number of anilines is 1. The molecule has 1 saturated heterocycles. The van der Waals surface area contributed by atoms with Gasteiger partial charge in [0.2, 0.25) is 0 Å². The average molecular weight is 302 g/mol. The van der Waals surface area contributed by atoms with E-state index in [-0.39, 0.29) is 6.10 Å². The predicted octanol–water partition coefficient (Wildman–Crippen LogP) is 1.73. The van der Waals surface area contributed by atoms with Crippen molar-refractivity contribution in [2.24, 2.45) is 11.8 Å². The SMILES string of the molecule is CCC(CC)C1CN(CC2=CCc3c(N)ncnc32)C[C@@H]1O. The molecule has 1 aliphatic heterocycles. The third-order valence-corrected chi connectivity index (χ3v) is 5.29. The van der Waals surface area contributed by atoms with E-state index in [1.807, 2.05) is 0 Å². The van der Waals surface area contributed by atoms with Gasteiger partial charge in [-0.3, -0.25) is 4.90 Å². The van der Waals surface area contributed by atoms with Crippen LogP contribution in [-0.4, -0.2) is 45.7 Å². The highest BCUT2D eigenvalue weighted by atomic mass is 16.3. The zero-order chi connectivity index (χ0) is 15.7. The average Bonchev–Trinajstić information content (AvgIpc) is 3.07. The summed E-state index contributed by atoms with van der Waals surface area (Å²) >= 11 is 0. The number of allylic oxidation sites excluding steroid dienone is 1. The van der Waals surface area contributed by atoms with Gasteiger partial charge in [0.05, 0.1) is 11.8 Å². The number of aromatic nitrogens is 2. The molecule has 1 aromatic rings. The molecule has 1 aliphatic carbocycles. The molecule has 2 atom stereocenters. The van der Waals surface area contributed by atoms with Gasteiger partial charge in [0.25, 0.3) is 0 Å². The number of β-amino-alcohol motifs (C(OH)–C–C–N with tert-alkyl or cyclic N) is 1. The zero-order valence-corrected chi connectivity index (χ0v) is 13.5. The van der Waals surface area contributed by atoms with Gasteiger partial charge in [-0.15, -0.1) is 0 Å². The van der Waals surface area contributed by atoms with Crippen LogP contribution < -0.4 is 5.73 Å². The van der Waals surface area contributed by atoms with Crippen LogP contribution in [0.4, 0.5) is 5.82 Å². The maximum absolute atomic E-state index is 10.4. The lowest BCUT2D eigenvalue weighted by molar-refractivity contribution is 0.108. The minimum atomic E-state index is -0.207. The summed E-state index contributed by atoms with van der Waals surface area (Å²) in [5.41, 5.74) is 9.19. The van der Waals surface area contributed by atoms with Gasteiger partial charge in [-0.2, -0.15) is 0 Å². The molecule has 1 unspecified atom stereocenters. The van der Waals surface area contributed by atoms with Gasteiger partial charge in [-0.1, -0.05) is 32.8 Å². The number of aliphatic hydroxyl groups is 1. The Morgan fingerprint density at radius 1 is 1.32 bits per heavy atom. The minimum Gasteiger partial charge on any atom is -0.391 e. The van der Waals surface area contributed by atoms with Crippen LogP contribution in [0.5, 0.6) is 0 Å². The minimum absolute atomic E-state index is 0.207. The van der Waals surface area contributed by atoms with Gasteiger partial charge in [-0.25, -0.2) is 9.97 Å². The molecule has 5 heteroatoms. The number of nitrogen functional groups attached to an aromatic ring is 1. The monoisotopic (exact) mass is 302 g/mol. The fourth-order valence-electron chi connectivity index (χ4n) is 3.99. The van der Waals surface area contributed by atoms with Crippen molar-refractivity contribution in [2.45, 2.75) is 39.2 Å². The van der Waals surface area contributed by atoms with Crippen molar-refractivity contribution < 1.29 is 5.11 Å². The van der Waals surface area contributed by atoms with E-state index < -0.39 is 0 Å². The Morgan fingerprint density at radius 3 is 2.82 bits per heavy atom. The third-order valence-electron chi connectivity index (χ3n) is 5.29. The summed E-state index contributed by atoms with van der Waals surface area (Å²) in [6.45, 7) is 7.02. The number of hydrogen-bond acceptors (Lipinski definition) is 5. The van der Waals surface area contributed by atoms with Gasteiger partial charge in [0.1, 0.15) is 12.1 Å². The molecular weight excluding hydrogens is 276 g/mol. The molecule has 1 fully saturated rings. The fourth-order valence-corrected chi connectivity index (χ4v) is 3.99. The van der Waals surface area contributed by atoms with E-state index in [9.17, 15) is 5.11 Å². The number of rotatable bonds is 5. The number of nitrogens with two attached hydrogens (primary N) is 1. The van der Waals surface area contributed by atoms with Crippen LogP contribution in [0, 0.1) is 11.8 Å². The highest BCUT2D eigenvalue weighted by molar-refractivity contribution is 5.74. The van der Waals surface area contributed by atoms with Crippen molar-refractivity contribution in [2.75, 3.05) is 25.4 Å². The Kier molecular flexibility index (Phi) is 4.45. The van der Waals surface area contributed by atoms with E-state index in [1.165, 1.54) is 5.57 Å². The van der Waals surface area contributed by atoms with Crippen molar-refractivity contribution >= 4 is 11.4 Å². The van der Waals surface area contributed by atoms with E-state index in [2.05, 4.69) is 34.8 Å². The number of aliphatic hydroxyl groups excluding tert-OH is 1. The van der Waals surface area contributed by atoms with Crippen LogP contribution in [0.15, 0.2) is 12.4 Å². The molecule has 3 rings (SSSR count). The molecule has 3 N–H and O–H groups in total. The summed E-state index contributed by atoms with van der Waals surface area (Å²) in [5, 5.41) is 10.4. The van der Waals surface area contributed by atoms with Crippen LogP contribution in [0.3, 0.4) is 0 Å². The van der Waals surface area contributed by atoms with Gasteiger partial charge in [0.15, 0.2) is 0 Å². The molecule has 0 saturated carbocycles. The van der Waals surface area contributed by atoms with Crippen molar-refractivity contribution in [3.8, 4) is 0 Å². The number of hydrogen-bond donors (Lipinski definition) is 2. The van der Waals surface area contributed by atoms with E-state index in [0.717, 1.165) is 50.2 Å². The van der Waals surface area contributed by atoms with Crippen LogP contribution in [0.1, 0.15) is 37.9 Å². The summed E-state index contributed by atoms with van der Waals surface area (Å²) in [7, 11) is 0. The summed E-state index contributed by atoms with van der Waals surface area (Å²) in [5.74, 6) is 1.60. The molecule has 22 heavy (non-hydrogen) atoms. The van der Waals surface area contributed by atoms with Crippen molar-refractivity contribution in [1.29, 1.82) is 0 Å². The first-order valence-electron chi connectivity index (χ1n) is 8.33. The molecule has 0 aromatic carbocycles. The highest BCUT2D eigenvalue weighted by Crippen LogP contribution is 2.33. The van der Waals surface area contributed by atoms with Crippen LogP contribution in [-0.2, 0) is 6.42 Å². The number of likely N-dealkylation sites (tertiary alicyclic amines) is 1. The van der Waals surface area contributed by atoms with Crippen molar-refractivity contribution in [3.05, 3.63) is 23.7 Å². The normalized spacial score (nSPS) is 24.8. The maximum atomic E-state index is 10.4. The smallest absolute Gasteiger partial charge is 0.130 e. The molecule has 0 radical (unpaired) electrons. The summed E-state index contributed by atoms with van der Waals surface area (Å²) in [6.07, 6.45) is 6.64. The number of fused-ring (bicyclic) bond motifs is 1. The second kappa shape index (κ2) is 6.34. The number of nitrogens with zero attached hydrogens (tertiary/aromatic N) is 3. The molecule has 0 amide bonds. The van der Waals surface area contributed by atoms with Crippen LogP contribution >= 0.6 is 0 Å². The third kappa shape index (κ3) is 2.75. The Hall–Kier alpha value is -1.46. The molecule has 120 valence electrons. The molecule has 0 bridgehead atoms. The van der Waals surface area contributed by atoms with Gasteiger partial charge >= 0.3 is 0 Å². The topological polar surface area (TPSA) is 75.3 Å². The standard InChI is InChI=1S/C17H26N4O/c1-3-11(4-2)14-8-21(9-15(14)22)7-12-5-6-13-16(12)19-10-20-17(13)18/h5,10-11,14-15,22H,3-4,6-9H2,1-2H3,(H2,18,19,20)/t14?,15-/m0/s1. The molecule has 0 spiro atoms. The van der Waals surface area contributed by atoms with Crippen LogP contribution in [0.25, 0.3) is 5.57 Å². The lowest BCUT2D eigenvalue weighted by Gasteiger charge is -2.23. The summed E-state index contributed by atoms with van der Waals surface area (Å²) in [4.78, 5) is 10.8. The first kappa shape index (κ1) is 15.4. The highest BCUT2D eigenvalue weighted by Gasteiger charge is 2.36. The Morgan fingerprint density at radius 2 is 2.09 bits per heavy atom. The maximum Gasteiger partial charge on any atom is 0.130 e. The molecule has 5 nitrogen and oxygen atoms in total. The predicted molar refractivity (Wildman–Crippen MR) is 88.1 cm³/mol. The summed E-state index contributed by atoms with van der Waals surface area (Å²) in [6, 6.07) is 0. The second-order valence-electron chi connectivity index (χ2n) is 6.52.